The van der Waals surface area contributed by atoms with Crippen LogP contribution >= 0.6 is 11.3 Å². The Kier molecular flexibility index (Phi) is 10.8. The van der Waals surface area contributed by atoms with E-state index in [0.29, 0.717) is 0 Å². The molecule has 0 radical (unpaired) electrons. The highest BCUT2D eigenvalue weighted by molar-refractivity contribution is 7.26. The van der Waals surface area contributed by atoms with Gasteiger partial charge in [-0.2, -0.15) is 0 Å². The van der Waals surface area contributed by atoms with Crippen LogP contribution in [0.5, 0.6) is 0 Å². The summed E-state index contributed by atoms with van der Waals surface area (Å²) in [4.78, 5) is 0. The number of benzene rings is 16. The molecule has 0 bridgehead atoms. The molecule has 0 spiro atoms. The Bertz CT molecular complexity index is 5580. The Balaban J connectivity index is 0.000000128. The molecule has 0 aliphatic heterocycles. The van der Waals surface area contributed by atoms with E-state index in [1.54, 1.807) is 0 Å². The predicted molar refractivity (Wildman–Crippen MR) is 375 cm³/mol. The lowest BCUT2D eigenvalue weighted by Crippen LogP contribution is -2.01. The molecule has 0 fully saturated rings. The van der Waals surface area contributed by atoms with Crippen LogP contribution in [-0.4, -0.2) is 0 Å². The van der Waals surface area contributed by atoms with E-state index in [4.69, 9.17) is 4.42 Å². The van der Waals surface area contributed by atoms with Crippen LogP contribution in [0.15, 0.2) is 308 Å². The van der Waals surface area contributed by atoms with Crippen LogP contribution < -0.4 is 0 Å². The van der Waals surface area contributed by atoms with E-state index in [1.165, 1.54) is 173 Å². The highest BCUT2D eigenvalue weighted by Crippen LogP contribution is 2.59. The van der Waals surface area contributed by atoms with Crippen molar-refractivity contribution in [2.45, 2.75) is 11.8 Å². The predicted octanol–water partition coefficient (Wildman–Crippen LogP) is 24.2. The van der Waals surface area contributed by atoms with Crippen molar-refractivity contribution < 1.29 is 4.42 Å². The van der Waals surface area contributed by atoms with E-state index in [9.17, 15) is 0 Å². The first-order chi connectivity index (χ1) is 43.7. The summed E-state index contributed by atoms with van der Waals surface area (Å²) in [5.41, 5.74) is 20.4. The van der Waals surface area contributed by atoms with Crippen molar-refractivity contribution in [2.75, 3.05) is 0 Å². The topological polar surface area (TPSA) is 13.1 Å². The SMILES string of the molecule is c1ccc(-c2cc(C3c4ccccc4-c4c3c3oc5ccccc5c3c3ccccc43)cc3c2ccc2ccccc23)cc1.c1ccc(-c2cc(C3c4ccccc4-c4c3c3sc5ccccc5c3c3ccccc43)cc3c2ccc2ccccc23)cc1. The van der Waals surface area contributed by atoms with Gasteiger partial charge in [0.05, 0.1) is 0 Å². The molecule has 0 N–H and O–H groups in total. The van der Waals surface area contributed by atoms with Gasteiger partial charge >= 0.3 is 0 Å². The minimum atomic E-state index is 0.0275. The normalized spacial score (nSPS) is 14.1. The lowest BCUT2D eigenvalue weighted by molar-refractivity contribution is 0.663. The second-order valence-electron chi connectivity index (χ2n) is 23.9. The van der Waals surface area contributed by atoms with Gasteiger partial charge in [0.15, 0.2) is 0 Å². The van der Waals surface area contributed by atoms with Gasteiger partial charge in [-0.15, -0.1) is 11.3 Å². The summed E-state index contributed by atoms with van der Waals surface area (Å²) < 4.78 is 9.63. The van der Waals surface area contributed by atoms with Gasteiger partial charge in [-0.25, -0.2) is 0 Å². The van der Waals surface area contributed by atoms with E-state index in [2.05, 4.69) is 303 Å². The van der Waals surface area contributed by atoms with Crippen molar-refractivity contribution in [3.05, 3.63) is 337 Å². The molecule has 2 unspecified atom stereocenters. The zero-order valence-electron chi connectivity index (χ0n) is 47.8. The van der Waals surface area contributed by atoms with Crippen molar-refractivity contribution in [3.63, 3.8) is 0 Å². The molecule has 2 atom stereocenters. The molecule has 2 heteroatoms. The summed E-state index contributed by atoms with van der Waals surface area (Å²) in [5, 5.41) is 20.7. The summed E-state index contributed by atoms with van der Waals surface area (Å²) in [6, 6.07) is 112. The van der Waals surface area contributed by atoms with E-state index in [0.717, 1.165) is 11.2 Å². The minimum absolute atomic E-state index is 0.0275. The zero-order valence-corrected chi connectivity index (χ0v) is 48.7. The monoisotopic (exact) mass is 1130 g/mol. The molecule has 2 aliphatic carbocycles. The van der Waals surface area contributed by atoms with Gasteiger partial charge in [0, 0.05) is 48.3 Å². The largest absolute Gasteiger partial charge is 0.456 e. The number of rotatable bonds is 4. The van der Waals surface area contributed by atoms with Crippen LogP contribution in [0.2, 0.25) is 0 Å². The molecule has 20 rings (SSSR count). The molecule has 16 aromatic carbocycles. The van der Waals surface area contributed by atoms with Crippen LogP contribution in [-0.2, 0) is 0 Å². The molecule has 0 saturated carbocycles. The Labute approximate surface area is 512 Å². The van der Waals surface area contributed by atoms with Crippen LogP contribution in [0.4, 0.5) is 0 Å². The smallest absolute Gasteiger partial charge is 0.140 e. The zero-order chi connectivity index (χ0) is 57.6. The molecular weight excluding hydrogens is 1080 g/mol. The maximum absolute atomic E-state index is 6.86. The molecule has 1 nitrogen and oxygen atoms in total. The lowest BCUT2D eigenvalue weighted by Gasteiger charge is -2.20. The van der Waals surface area contributed by atoms with Crippen molar-refractivity contribution in [1.82, 2.24) is 0 Å². The molecule has 18 aromatic rings. The Morgan fingerprint density at radius 2 is 0.705 bits per heavy atom. The molecule has 2 heterocycles. The van der Waals surface area contributed by atoms with Gasteiger partial charge in [0.25, 0.3) is 0 Å². The summed E-state index contributed by atoms with van der Waals surface area (Å²) in [5.74, 6) is 0.159. The Morgan fingerprint density at radius 3 is 1.28 bits per heavy atom. The van der Waals surface area contributed by atoms with Gasteiger partial charge in [0.1, 0.15) is 11.2 Å². The third-order valence-corrected chi connectivity index (χ3v) is 20.6. The van der Waals surface area contributed by atoms with Gasteiger partial charge in [0.2, 0.25) is 0 Å². The number of hydrogen-bond donors (Lipinski definition) is 0. The van der Waals surface area contributed by atoms with Gasteiger partial charge in [-0.05, 0) is 173 Å². The van der Waals surface area contributed by atoms with Gasteiger partial charge in [-0.1, -0.05) is 267 Å². The molecule has 408 valence electrons. The molecule has 0 amide bonds. The fourth-order valence-corrected chi connectivity index (χ4v) is 17.1. The maximum atomic E-state index is 6.86. The Hall–Kier alpha value is -10.9. The maximum Gasteiger partial charge on any atom is 0.140 e. The average Bonchev–Trinajstić information content (AvgIpc) is 1.57. The summed E-state index contributed by atoms with van der Waals surface area (Å²) in [6.45, 7) is 0. The van der Waals surface area contributed by atoms with E-state index in [-0.39, 0.29) is 11.8 Å². The van der Waals surface area contributed by atoms with Gasteiger partial charge < -0.3 is 4.42 Å². The molecule has 2 aromatic heterocycles. The highest BCUT2D eigenvalue weighted by atomic mass is 32.1. The second kappa shape index (κ2) is 19.3. The quantitative estimate of drug-likeness (QED) is 0.160. The Morgan fingerprint density at radius 1 is 0.273 bits per heavy atom. The standard InChI is InChI=1S/C43H26O.C43H26S/c2*1-2-12-26(13-3-1)36-24-28(25-37-29-15-5-4-14-27(29)22-23-30(36)37)39-31-16-6-7-17-32(31)40-33-18-8-9-19-34(33)41-35-20-10-11-21-38(35)44-43(41)42(39)40/h2*1-25,39H. The molecule has 88 heavy (non-hydrogen) atoms. The lowest BCUT2D eigenvalue weighted by atomic mass is 9.83. The molecule has 2 aliphatic rings. The third-order valence-electron chi connectivity index (χ3n) is 19.4. The second-order valence-corrected chi connectivity index (χ2v) is 25.0. The van der Waals surface area contributed by atoms with E-state index >= 15 is 0 Å². The van der Waals surface area contributed by atoms with Crippen LogP contribution in [0, 0.1) is 0 Å². The summed E-state index contributed by atoms with van der Waals surface area (Å²) in [7, 11) is 0. The number of thiophene rings is 1. The third kappa shape index (κ3) is 7.21. The molecule has 0 saturated heterocycles. The van der Waals surface area contributed by atoms with Crippen molar-refractivity contribution >= 4 is 118 Å². The van der Waals surface area contributed by atoms with Crippen molar-refractivity contribution in [2.24, 2.45) is 0 Å². The van der Waals surface area contributed by atoms with Crippen LogP contribution in [0.3, 0.4) is 0 Å². The molecular formula is C86H52OS. The first kappa shape index (κ1) is 49.4. The minimum Gasteiger partial charge on any atom is -0.456 e. The van der Waals surface area contributed by atoms with Crippen molar-refractivity contribution in [3.8, 4) is 44.5 Å². The van der Waals surface area contributed by atoms with Crippen LogP contribution in [0.1, 0.15) is 45.2 Å². The van der Waals surface area contributed by atoms with Gasteiger partial charge in [-0.3, -0.25) is 0 Å². The first-order valence-corrected chi connectivity index (χ1v) is 31.4. The number of hydrogen-bond acceptors (Lipinski definition) is 2. The summed E-state index contributed by atoms with van der Waals surface area (Å²) in [6.07, 6.45) is 0. The fourth-order valence-electron chi connectivity index (χ4n) is 15.8. The van der Waals surface area contributed by atoms with E-state index in [1.807, 2.05) is 11.3 Å². The number of fused-ring (bicyclic) bond motifs is 26. The highest BCUT2D eigenvalue weighted by Gasteiger charge is 2.38. The van der Waals surface area contributed by atoms with Crippen molar-refractivity contribution in [1.29, 1.82) is 0 Å². The summed E-state index contributed by atoms with van der Waals surface area (Å²) >= 11 is 1.96. The number of para-hydroxylation sites is 1. The first-order valence-electron chi connectivity index (χ1n) is 30.6. The fraction of sp³-hybridized carbons (Fsp3) is 0.0233. The average molecular weight is 1130 g/mol. The number of furan rings is 1. The van der Waals surface area contributed by atoms with E-state index < -0.39 is 0 Å². The van der Waals surface area contributed by atoms with Crippen LogP contribution in [0.25, 0.3) is 151 Å².